The van der Waals surface area contributed by atoms with Crippen LogP contribution in [0.25, 0.3) is 0 Å². The van der Waals surface area contributed by atoms with E-state index in [1.165, 1.54) is 18.2 Å². The molecule has 0 bridgehead atoms. The van der Waals surface area contributed by atoms with Crippen LogP contribution in [0.2, 0.25) is 0 Å². The van der Waals surface area contributed by atoms with E-state index < -0.39 is 0 Å². The molecule has 2 nitrogen and oxygen atoms in total. The van der Waals surface area contributed by atoms with Crippen molar-refractivity contribution in [1.29, 1.82) is 0 Å². The normalized spacial score (nSPS) is 12.2. The molecule has 0 aliphatic heterocycles. The molecule has 0 aromatic heterocycles. The van der Waals surface area contributed by atoms with E-state index in [0.29, 0.717) is 0 Å². The van der Waals surface area contributed by atoms with Crippen LogP contribution in [-0.4, -0.2) is 13.1 Å². The van der Waals surface area contributed by atoms with Gasteiger partial charge in [0, 0.05) is 0 Å². The Morgan fingerprint density at radius 1 is 1.40 bits per heavy atom. The molecule has 1 aromatic carbocycles. The van der Waals surface area contributed by atoms with Crippen molar-refractivity contribution in [3.8, 4) is 0 Å². The number of aryl methyl sites for hydroxylation is 1. The summed E-state index contributed by atoms with van der Waals surface area (Å²) in [6.45, 7) is 4.08. The Labute approximate surface area is 91.3 Å². The average Bonchev–Trinajstić information content (AvgIpc) is 2.27. The van der Waals surface area contributed by atoms with Crippen molar-refractivity contribution in [2.24, 2.45) is 5.92 Å². The fourth-order valence-corrected chi connectivity index (χ4v) is 1.67. The summed E-state index contributed by atoms with van der Waals surface area (Å²) in [5, 5.41) is 0. The lowest BCUT2D eigenvalue weighted by Crippen LogP contribution is -2.18. The SMILES string of the molecule is CCC(Cc1ccccc1C)C(=O)OC. The lowest BCUT2D eigenvalue weighted by molar-refractivity contribution is -0.145. The first-order valence-electron chi connectivity index (χ1n) is 5.31. The Hall–Kier alpha value is -1.31. The second kappa shape index (κ2) is 5.54. The van der Waals surface area contributed by atoms with Crippen LogP contribution in [0, 0.1) is 12.8 Å². The maximum atomic E-state index is 11.4. The summed E-state index contributed by atoms with van der Waals surface area (Å²) in [5.41, 5.74) is 2.47. The van der Waals surface area contributed by atoms with Gasteiger partial charge in [-0.2, -0.15) is 0 Å². The van der Waals surface area contributed by atoms with E-state index in [1.54, 1.807) is 0 Å². The van der Waals surface area contributed by atoms with Crippen LogP contribution in [-0.2, 0) is 16.0 Å². The minimum atomic E-state index is -0.110. The van der Waals surface area contributed by atoms with Gasteiger partial charge in [-0.15, -0.1) is 0 Å². The van der Waals surface area contributed by atoms with Gasteiger partial charge in [0.25, 0.3) is 0 Å². The highest BCUT2D eigenvalue weighted by molar-refractivity contribution is 5.72. The maximum absolute atomic E-state index is 11.4. The van der Waals surface area contributed by atoms with Crippen LogP contribution < -0.4 is 0 Å². The molecule has 0 spiro atoms. The van der Waals surface area contributed by atoms with E-state index in [9.17, 15) is 4.79 Å². The van der Waals surface area contributed by atoms with Gasteiger partial charge in [-0.1, -0.05) is 31.2 Å². The number of carbonyl (C=O) groups excluding carboxylic acids is 1. The van der Waals surface area contributed by atoms with E-state index in [-0.39, 0.29) is 11.9 Å². The molecule has 0 aliphatic rings. The molecule has 2 heteroatoms. The molecule has 0 aliphatic carbocycles. The molecular formula is C13H18O2. The van der Waals surface area contributed by atoms with Crippen molar-refractivity contribution < 1.29 is 9.53 Å². The Balaban J connectivity index is 2.75. The first kappa shape index (κ1) is 11.8. The van der Waals surface area contributed by atoms with E-state index >= 15 is 0 Å². The molecule has 0 heterocycles. The third-order valence-electron chi connectivity index (χ3n) is 2.75. The van der Waals surface area contributed by atoms with Crippen molar-refractivity contribution in [2.45, 2.75) is 26.7 Å². The highest BCUT2D eigenvalue weighted by atomic mass is 16.5. The van der Waals surface area contributed by atoms with Crippen LogP contribution in [0.3, 0.4) is 0 Å². The minimum Gasteiger partial charge on any atom is -0.469 e. The first-order valence-corrected chi connectivity index (χ1v) is 5.31. The van der Waals surface area contributed by atoms with Gasteiger partial charge in [-0.05, 0) is 30.9 Å². The summed E-state index contributed by atoms with van der Waals surface area (Å²) in [6, 6.07) is 8.16. The monoisotopic (exact) mass is 206 g/mol. The number of hydrogen-bond donors (Lipinski definition) is 0. The van der Waals surface area contributed by atoms with Gasteiger partial charge in [0.1, 0.15) is 0 Å². The second-order valence-electron chi connectivity index (χ2n) is 3.76. The number of hydrogen-bond acceptors (Lipinski definition) is 2. The summed E-state index contributed by atoms with van der Waals surface area (Å²) in [5.74, 6) is -0.128. The number of esters is 1. The molecular weight excluding hydrogens is 188 g/mol. The third kappa shape index (κ3) is 3.08. The van der Waals surface area contributed by atoms with Crippen LogP contribution in [0.1, 0.15) is 24.5 Å². The van der Waals surface area contributed by atoms with Crippen LogP contribution in [0.4, 0.5) is 0 Å². The van der Waals surface area contributed by atoms with Crippen LogP contribution in [0.5, 0.6) is 0 Å². The molecule has 0 saturated carbocycles. The fraction of sp³-hybridized carbons (Fsp3) is 0.462. The Bertz CT molecular complexity index is 331. The number of methoxy groups -OCH3 is 1. The topological polar surface area (TPSA) is 26.3 Å². The van der Waals surface area contributed by atoms with E-state index in [2.05, 4.69) is 19.1 Å². The molecule has 0 amide bonds. The lowest BCUT2D eigenvalue weighted by Gasteiger charge is -2.13. The Morgan fingerprint density at radius 3 is 2.60 bits per heavy atom. The van der Waals surface area contributed by atoms with E-state index in [4.69, 9.17) is 4.74 Å². The summed E-state index contributed by atoms with van der Waals surface area (Å²) in [6.07, 6.45) is 1.59. The summed E-state index contributed by atoms with van der Waals surface area (Å²) >= 11 is 0. The van der Waals surface area contributed by atoms with Gasteiger partial charge in [-0.25, -0.2) is 0 Å². The zero-order valence-electron chi connectivity index (χ0n) is 9.62. The van der Waals surface area contributed by atoms with Gasteiger partial charge < -0.3 is 4.74 Å². The standard InChI is InChI=1S/C13H18O2/c1-4-11(13(14)15-3)9-12-8-6-5-7-10(12)2/h5-8,11H,4,9H2,1-3H3. The van der Waals surface area contributed by atoms with E-state index in [1.807, 2.05) is 19.1 Å². The van der Waals surface area contributed by atoms with E-state index in [0.717, 1.165) is 12.8 Å². The van der Waals surface area contributed by atoms with Gasteiger partial charge in [0.15, 0.2) is 0 Å². The Kier molecular flexibility index (Phi) is 4.35. The molecule has 1 aromatic rings. The van der Waals surface area contributed by atoms with Crippen LogP contribution >= 0.6 is 0 Å². The molecule has 15 heavy (non-hydrogen) atoms. The van der Waals surface area contributed by atoms with Gasteiger partial charge in [0.2, 0.25) is 0 Å². The average molecular weight is 206 g/mol. The smallest absolute Gasteiger partial charge is 0.308 e. The number of benzene rings is 1. The molecule has 1 atom stereocenters. The third-order valence-corrected chi connectivity index (χ3v) is 2.75. The minimum absolute atomic E-state index is 0.0175. The van der Waals surface area contributed by atoms with Gasteiger partial charge in [0.05, 0.1) is 13.0 Å². The molecule has 0 saturated heterocycles. The molecule has 0 radical (unpaired) electrons. The predicted molar refractivity (Wildman–Crippen MR) is 60.7 cm³/mol. The van der Waals surface area contributed by atoms with Crippen molar-refractivity contribution in [3.05, 3.63) is 35.4 Å². The van der Waals surface area contributed by atoms with Crippen molar-refractivity contribution >= 4 is 5.97 Å². The van der Waals surface area contributed by atoms with Crippen molar-refractivity contribution in [3.63, 3.8) is 0 Å². The quantitative estimate of drug-likeness (QED) is 0.708. The van der Waals surface area contributed by atoms with Crippen molar-refractivity contribution in [1.82, 2.24) is 0 Å². The molecule has 82 valence electrons. The van der Waals surface area contributed by atoms with Gasteiger partial charge >= 0.3 is 5.97 Å². The maximum Gasteiger partial charge on any atom is 0.308 e. The predicted octanol–water partition coefficient (Wildman–Crippen LogP) is 2.74. The number of ether oxygens (including phenoxy) is 1. The highest BCUT2D eigenvalue weighted by Gasteiger charge is 2.17. The molecule has 0 N–H and O–H groups in total. The lowest BCUT2D eigenvalue weighted by atomic mass is 9.94. The zero-order valence-corrected chi connectivity index (χ0v) is 9.62. The molecule has 0 fully saturated rings. The Morgan fingerprint density at radius 2 is 2.07 bits per heavy atom. The van der Waals surface area contributed by atoms with Crippen molar-refractivity contribution in [2.75, 3.05) is 7.11 Å². The highest BCUT2D eigenvalue weighted by Crippen LogP contribution is 2.16. The second-order valence-corrected chi connectivity index (χ2v) is 3.76. The summed E-state index contributed by atoms with van der Waals surface area (Å²) in [4.78, 5) is 11.4. The number of rotatable bonds is 4. The number of carbonyl (C=O) groups is 1. The first-order chi connectivity index (χ1) is 7.19. The molecule has 1 unspecified atom stereocenters. The van der Waals surface area contributed by atoms with Gasteiger partial charge in [-0.3, -0.25) is 4.79 Å². The zero-order chi connectivity index (χ0) is 11.3. The fourth-order valence-electron chi connectivity index (χ4n) is 1.67. The molecule has 1 rings (SSSR count). The largest absolute Gasteiger partial charge is 0.469 e. The summed E-state index contributed by atoms with van der Waals surface area (Å²) < 4.78 is 4.78. The summed E-state index contributed by atoms with van der Waals surface area (Å²) in [7, 11) is 1.45. The van der Waals surface area contributed by atoms with Crippen LogP contribution in [0.15, 0.2) is 24.3 Å².